The fourth-order valence-electron chi connectivity index (χ4n) is 2.70. The molecule has 0 aliphatic heterocycles. The molecule has 2 rings (SSSR count). The molecular weight excluding hydrogens is 376 g/mol. The molecule has 0 aromatic heterocycles. The van der Waals surface area contributed by atoms with Crippen molar-refractivity contribution in [1.82, 2.24) is 0 Å². The molecule has 2 aromatic rings. The zero-order valence-electron chi connectivity index (χ0n) is 17.1. The van der Waals surface area contributed by atoms with Crippen LogP contribution in [0.25, 0.3) is 0 Å². The van der Waals surface area contributed by atoms with E-state index in [4.69, 9.17) is 4.74 Å². The third-order valence-corrected chi connectivity index (χ3v) is 5.66. The molecule has 0 saturated carbocycles. The van der Waals surface area contributed by atoms with Crippen LogP contribution in [0.4, 0.5) is 0 Å². The first-order chi connectivity index (χ1) is 12.8. The van der Waals surface area contributed by atoms with Crippen molar-refractivity contribution in [3.05, 3.63) is 64.7 Å². The Morgan fingerprint density at radius 3 is 2.07 bits per heavy atom. The molecule has 0 bridgehead atoms. The lowest BCUT2D eigenvalue weighted by Gasteiger charge is -2.19. The van der Waals surface area contributed by atoms with Crippen LogP contribution in [0, 0.1) is 6.92 Å². The maximum Gasteiger partial charge on any atom is 0.339 e. The van der Waals surface area contributed by atoms with E-state index in [0.717, 1.165) is 11.8 Å². The summed E-state index contributed by atoms with van der Waals surface area (Å²) in [5.74, 6) is -1.04. The molecule has 150 valence electrons. The SMILES string of the molecule is Cc1ccc(S(C)(=O)=O)cc1C(=O)O[C@@H](C)C(=O)c1ccc(C(C)(C)C)cc1. The molecule has 0 saturated heterocycles. The van der Waals surface area contributed by atoms with Gasteiger partial charge < -0.3 is 4.74 Å². The molecule has 0 aliphatic rings. The van der Waals surface area contributed by atoms with Crippen LogP contribution in [0.3, 0.4) is 0 Å². The van der Waals surface area contributed by atoms with E-state index < -0.39 is 21.9 Å². The maximum atomic E-state index is 12.6. The molecule has 0 radical (unpaired) electrons. The molecule has 0 unspecified atom stereocenters. The summed E-state index contributed by atoms with van der Waals surface area (Å²) in [5.41, 5.74) is 2.23. The van der Waals surface area contributed by atoms with Crippen LogP contribution in [-0.2, 0) is 20.0 Å². The zero-order chi connectivity index (χ0) is 21.3. The Kier molecular flexibility index (Phi) is 6.14. The number of carbonyl (C=O) groups is 2. The van der Waals surface area contributed by atoms with Gasteiger partial charge in [-0.15, -0.1) is 0 Å². The van der Waals surface area contributed by atoms with Gasteiger partial charge in [-0.2, -0.15) is 0 Å². The van der Waals surface area contributed by atoms with Gasteiger partial charge in [0, 0.05) is 11.8 Å². The number of rotatable bonds is 5. The minimum absolute atomic E-state index is 0.0260. The first-order valence-electron chi connectivity index (χ1n) is 8.97. The van der Waals surface area contributed by atoms with Gasteiger partial charge in [0.1, 0.15) is 0 Å². The number of ketones is 1. The quantitative estimate of drug-likeness (QED) is 0.555. The van der Waals surface area contributed by atoms with Crippen molar-refractivity contribution in [3.8, 4) is 0 Å². The van der Waals surface area contributed by atoms with Crippen LogP contribution in [0.2, 0.25) is 0 Å². The summed E-state index contributed by atoms with van der Waals surface area (Å²) >= 11 is 0. The number of hydrogen-bond donors (Lipinski definition) is 0. The van der Waals surface area contributed by atoms with Gasteiger partial charge in [-0.1, -0.05) is 51.1 Å². The Hall–Kier alpha value is -2.47. The van der Waals surface area contributed by atoms with Crippen LogP contribution >= 0.6 is 0 Å². The van der Waals surface area contributed by atoms with Gasteiger partial charge in [0.2, 0.25) is 5.78 Å². The molecule has 0 aliphatic carbocycles. The van der Waals surface area contributed by atoms with Gasteiger partial charge in [0.05, 0.1) is 10.5 Å². The van der Waals surface area contributed by atoms with Gasteiger partial charge in [-0.05, 0) is 42.5 Å². The molecule has 5 nitrogen and oxygen atoms in total. The van der Waals surface area contributed by atoms with Gasteiger partial charge in [-0.3, -0.25) is 4.79 Å². The molecule has 1 atom stereocenters. The highest BCUT2D eigenvalue weighted by atomic mass is 32.2. The van der Waals surface area contributed by atoms with Gasteiger partial charge >= 0.3 is 5.97 Å². The Balaban J connectivity index is 2.19. The van der Waals surface area contributed by atoms with Crippen molar-refractivity contribution in [1.29, 1.82) is 0 Å². The van der Waals surface area contributed by atoms with Gasteiger partial charge in [-0.25, -0.2) is 13.2 Å². The number of aryl methyl sites for hydroxylation is 1. The largest absolute Gasteiger partial charge is 0.451 e. The number of carbonyl (C=O) groups excluding carboxylic acids is 2. The van der Waals surface area contributed by atoms with Crippen LogP contribution < -0.4 is 0 Å². The second-order valence-corrected chi connectivity index (χ2v) is 10.0. The second-order valence-electron chi connectivity index (χ2n) is 7.99. The summed E-state index contributed by atoms with van der Waals surface area (Å²) < 4.78 is 28.8. The lowest BCUT2D eigenvalue weighted by molar-refractivity contribution is 0.0318. The summed E-state index contributed by atoms with van der Waals surface area (Å²) in [6.45, 7) is 9.44. The number of hydrogen-bond acceptors (Lipinski definition) is 5. The molecule has 28 heavy (non-hydrogen) atoms. The first-order valence-corrected chi connectivity index (χ1v) is 10.9. The Morgan fingerprint density at radius 1 is 1.00 bits per heavy atom. The third kappa shape index (κ3) is 5.07. The number of sulfone groups is 1. The molecule has 0 spiro atoms. The van der Waals surface area contributed by atoms with E-state index in [9.17, 15) is 18.0 Å². The maximum absolute atomic E-state index is 12.6. The molecular formula is C22H26O5S. The van der Waals surface area contributed by atoms with Crippen molar-refractivity contribution in [3.63, 3.8) is 0 Å². The summed E-state index contributed by atoms with van der Waals surface area (Å²) in [4.78, 5) is 25.1. The van der Waals surface area contributed by atoms with Gasteiger partial charge in [0.25, 0.3) is 0 Å². The minimum Gasteiger partial charge on any atom is -0.451 e. The molecule has 0 fully saturated rings. The monoisotopic (exact) mass is 402 g/mol. The van der Waals surface area contributed by atoms with E-state index in [1.54, 1.807) is 25.1 Å². The summed E-state index contributed by atoms with van der Waals surface area (Å²) in [6, 6.07) is 11.5. The second kappa shape index (κ2) is 7.87. The Bertz CT molecular complexity index is 996. The summed E-state index contributed by atoms with van der Waals surface area (Å²) in [5, 5.41) is 0. The van der Waals surface area contributed by atoms with Crippen LogP contribution in [0.1, 0.15) is 59.5 Å². The minimum atomic E-state index is -3.45. The van der Waals surface area contributed by atoms with Crippen LogP contribution in [-0.4, -0.2) is 32.5 Å². The average molecular weight is 403 g/mol. The van der Waals surface area contributed by atoms with Gasteiger partial charge in [0.15, 0.2) is 15.9 Å². The van der Waals surface area contributed by atoms with Crippen molar-refractivity contribution in [2.45, 2.75) is 51.0 Å². The predicted molar refractivity (Wildman–Crippen MR) is 109 cm³/mol. The molecule has 2 aromatic carbocycles. The standard InChI is InChI=1S/C22H26O5S/c1-14-7-12-18(28(6,25)26)13-19(14)21(24)27-15(2)20(23)16-8-10-17(11-9-16)22(3,4)5/h7-13,15H,1-6H3/t15-/m0/s1. The van der Waals surface area contributed by atoms with Crippen LogP contribution in [0.5, 0.6) is 0 Å². The number of benzene rings is 2. The Labute approximate surface area is 166 Å². The van der Waals surface area contributed by atoms with Crippen molar-refractivity contribution in [2.75, 3.05) is 6.26 Å². The van der Waals surface area contributed by atoms with E-state index in [0.29, 0.717) is 11.1 Å². The van der Waals surface area contributed by atoms with Crippen LogP contribution in [0.15, 0.2) is 47.4 Å². The molecule has 6 heteroatoms. The number of ether oxygens (including phenoxy) is 1. The Morgan fingerprint density at radius 2 is 1.57 bits per heavy atom. The van der Waals surface area contributed by atoms with E-state index >= 15 is 0 Å². The molecule has 0 N–H and O–H groups in total. The fraction of sp³-hybridized carbons (Fsp3) is 0.364. The van der Waals surface area contributed by atoms with Crippen molar-refractivity contribution < 1.29 is 22.7 Å². The van der Waals surface area contributed by atoms with E-state index in [2.05, 4.69) is 20.8 Å². The lowest BCUT2D eigenvalue weighted by Crippen LogP contribution is -2.25. The van der Waals surface area contributed by atoms with Crippen molar-refractivity contribution in [2.24, 2.45) is 0 Å². The molecule has 0 heterocycles. The highest BCUT2D eigenvalue weighted by Crippen LogP contribution is 2.23. The summed E-state index contributed by atoms with van der Waals surface area (Å²) in [7, 11) is -3.45. The van der Waals surface area contributed by atoms with Crippen molar-refractivity contribution >= 4 is 21.6 Å². The highest BCUT2D eigenvalue weighted by Gasteiger charge is 2.23. The molecule has 0 amide bonds. The lowest BCUT2D eigenvalue weighted by atomic mass is 9.86. The third-order valence-electron chi connectivity index (χ3n) is 4.55. The predicted octanol–water partition coefficient (Wildman–Crippen LogP) is 4.12. The van der Waals surface area contributed by atoms with E-state index in [-0.39, 0.29) is 21.7 Å². The normalized spacial score (nSPS) is 13.1. The topological polar surface area (TPSA) is 77.5 Å². The van der Waals surface area contributed by atoms with E-state index in [1.807, 2.05) is 12.1 Å². The van der Waals surface area contributed by atoms with E-state index in [1.165, 1.54) is 19.1 Å². The number of esters is 1. The smallest absolute Gasteiger partial charge is 0.339 e. The first kappa shape index (κ1) is 21.8. The zero-order valence-corrected chi connectivity index (χ0v) is 17.9. The fourth-order valence-corrected chi connectivity index (χ4v) is 3.35. The summed E-state index contributed by atoms with van der Waals surface area (Å²) in [6.07, 6.45) is 0.0782. The highest BCUT2D eigenvalue weighted by molar-refractivity contribution is 7.90. The average Bonchev–Trinajstić information content (AvgIpc) is 2.59. The number of Topliss-reactive ketones (excluding diaryl/α,β-unsaturated/α-hetero) is 1.